The molecule has 21 heavy (non-hydrogen) atoms. The third kappa shape index (κ3) is 3.43. The predicted molar refractivity (Wildman–Crippen MR) is 85.5 cm³/mol. The highest BCUT2D eigenvalue weighted by Crippen LogP contribution is 2.24. The van der Waals surface area contributed by atoms with Crippen molar-refractivity contribution in [3.63, 3.8) is 0 Å². The fourth-order valence-corrected chi connectivity index (χ4v) is 3.13. The van der Waals surface area contributed by atoms with Crippen LogP contribution in [0.1, 0.15) is 5.56 Å². The van der Waals surface area contributed by atoms with Crippen LogP contribution in [-0.2, 0) is 11.3 Å². The van der Waals surface area contributed by atoms with Crippen LogP contribution in [0, 0.1) is 0 Å². The minimum atomic E-state index is 0.146. The Labute approximate surface area is 128 Å². The summed E-state index contributed by atoms with van der Waals surface area (Å²) >= 11 is 1.55. The van der Waals surface area contributed by atoms with Gasteiger partial charge in [-0.05, 0) is 23.8 Å². The van der Waals surface area contributed by atoms with Gasteiger partial charge in [0.2, 0.25) is 5.91 Å². The van der Waals surface area contributed by atoms with Gasteiger partial charge in [-0.2, -0.15) is 0 Å². The van der Waals surface area contributed by atoms with Crippen molar-refractivity contribution in [2.75, 3.05) is 23.7 Å². The number of fused-ring (bicyclic) bond motifs is 1. The number of hydrogen-bond acceptors (Lipinski definition) is 4. The van der Waals surface area contributed by atoms with E-state index >= 15 is 0 Å². The first kappa shape index (κ1) is 14.1. The number of para-hydroxylation sites is 1. The maximum atomic E-state index is 12.5. The highest BCUT2D eigenvalue weighted by molar-refractivity contribution is 8.00. The minimum absolute atomic E-state index is 0.146. The average Bonchev–Trinajstić information content (AvgIpc) is 2.76. The SMILES string of the molecule is O=C(CSc1ccncc1)N1CCNCc2ccccc21. The van der Waals surface area contributed by atoms with Crippen molar-refractivity contribution >= 4 is 23.4 Å². The first-order valence-electron chi connectivity index (χ1n) is 6.96. The van der Waals surface area contributed by atoms with Gasteiger partial charge in [0.05, 0.1) is 5.75 Å². The van der Waals surface area contributed by atoms with Gasteiger partial charge in [-0.15, -0.1) is 11.8 Å². The van der Waals surface area contributed by atoms with Crippen LogP contribution in [0.2, 0.25) is 0 Å². The zero-order chi connectivity index (χ0) is 14.5. The second kappa shape index (κ2) is 6.74. The van der Waals surface area contributed by atoms with Crippen LogP contribution in [0.5, 0.6) is 0 Å². The van der Waals surface area contributed by atoms with Crippen molar-refractivity contribution < 1.29 is 4.79 Å². The summed E-state index contributed by atoms with van der Waals surface area (Å²) < 4.78 is 0. The Bertz CT molecular complexity index is 618. The summed E-state index contributed by atoms with van der Waals surface area (Å²) in [5.41, 5.74) is 2.21. The van der Waals surface area contributed by atoms with Crippen molar-refractivity contribution in [2.45, 2.75) is 11.4 Å². The molecule has 0 saturated carbocycles. The molecule has 0 fully saturated rings. The number of thioether (sulfide) groups is 1. The van der Waals surface area contributed by atoms with Crippen LogP contribution in [-0.4, -0.2) is 29.7 Å². The topological polar surface area (TPSA) is 45.2 Å². The number of anilines is 1. The number of carbonyl (C=O) groups is 1. The van der Waals surface area contributed by atoms with E-state index in [1.54, 1.807) is 24.2 Å². The molecule has 2 heterocycles. The summed E-state index contributed by atoms with van der Waals surface area (Å²) in [4.78, 5) is 19.5. The van der Waals surface area contributed by atoms with Gasteiger partial charge in [0.1, 0.15) is 0 Å². The molecule has 108 valence electrons. The van der Waals surface area contributed by atoms with E-state index in [4.69, 9.17) is 0 Å². The summed E-state index contributed by atoms with van der Waals surface area (Å²) in [6.07, 6.45) is 3.50. The Kier molecular flexibility index (Phi) is 4.52. The second-order valence-corrected chi connectivity index (χ2v) is 5.87. The molecule has 1 amide bonds. The molecule has 1 aliphatic heterocycles. The molecule has 0 bridgehead atoms. The lowest BCUT2D eigenvalue weighted by Crippen LogP contribution is -2.35. The number of aromatic nitrogens is 1. The fraction of sp³-hybridized carbons (Fsp3) is 0.250. The van der Waals surface area contributed by atoms with Gasteiger partial charge in [0, 0.05) is 42.6 Å². The smallest absolute Gasteiger partial charge is 0.237 e. The summed E-state index contributed by atoms with van der Waals surface area (Å²) in [5.74, 6) is 0.589. The predicted octanol–water partition coefficient (Wildman–Crippen LogP) is 2.31. The molecule has 0 unspecified atom stereocenters. The molecule has 0 atom stereocenters. The average molecular weight is 299 g/mol. The lowest BCUT2D eigenvalue weighted by molar-refractivity contribution is -0.116. The highest BCUT2D eigenvalue weighted by atomic mass is 32.2. The van der Waals surface area contributed by atoms with E-state index in [0.717, 1.165) is 23.7 Å². The van der Waals surface area contributed by atoms with Gasteiger partial charge < -0.3 is 10.2 Å². The number of pyridine rings is 1. The Hall–Kier alpha value is -1.85. The van der Waals surface area contributed by atoms with Crippen LogP contribution >= 0.6 is 11.8 Å². The molecule has 5 heteroatoms. The largest absolute Gasteiger partial charge is 0.311 e. The Morgan fingerprint density at radius 2 is 2.05 bits per heavy atom. The van der Waals surface area contributed by atoms with Gasteiger partial charge in [-0.3, -0.25) is 9.78 Å². The molecular formula is C16H17N3OS. The van der Waals surface area contributed by atoms with Crippen LogP contribution < -0.4 is 10.2 Å². The quantitative estimate of drug-likeness (QED) is 0.884. The molecule has 0 spiro atoms. The molecular weight excluding hydrogens is 282 g/mol. The maximum absolute atomic E-state index is 12.5. The second-order valence-electron chi connectivity index (χ2n) is 4.82. The number of nitrogens with zero attached hydrogens (tertiary/aromatic N) is 2. The summed E-state index contributed by atoms with van der Waals surface area (Å²) in [6, 6.07) is 12.0. The molecule has 0 aliphatic carbocycles. The summed E-state index contributed by atoms with van der Waals surface area (Å²) in [5, 5.41) is 3.35. The Balaban J connectivity index is 1.72. The van der Waals surface area contributed by atoms with Gasteiger partial charge in [-0.25, -0.2) is 0 Å². The minimum Gasteiger partial charge on any atom is -0.311 e. The highest BCUT2D eigenvalue weighted by Gasteiger charge is 2.20. The normalized spacial score (nSPS) is 14.4. The third-order valence-corrected chi connectivity index (χ3v) is 4.42. The van der Waals surface area contributed by atoms with Gasteiger partial charge in [0.15, 0.2) is 0 Å². The van der Waals surface area contributed by atoms with E-state index < -0.39 is 0 Å². The van der Waals surface area contributed by atoms with Gasteiger partial charge in [-0.1, -0.05) is 18.2 Å². The number of carbonyl (C=O) groups excluding carboxylic acids is 1. The lowest BCUT2D eigenvalue weighted by atomic mass is 10.1. The first-order chi connectivity index (χ1) is 10.3. The molecule has 1 aromatic carbocycles. The molecule has 3 rings (SSSR count). The monoisotopic (exact) mass is 299 g/mol. The van der Waals surface area contributed by atoms with Crippen LogP contribution in [0.4, 0.5) is 5.69 Å². The zero-order valence-electron chi connectivity index (χ0n) is 11.7. The molecule has 1 N–H and O–H groups in total. The summed E-state index contributed by atoms with van der Waals surface area (Å²) in [6.45, 7) is 2.35. The number of amides is 1. The van der Waals surface area contributed by atoms with Crippen molar-refractivity contribution in [1.29, 1.82) is 0 Å². The molecule has 0 saturated heterocycles. The van der Waals surface area contributed by atoms with Crippen molar-refractivity contribution in [2.24, 2.45) is 0 Å². The third-order valence-electron chi connectivity index (χ3n) is 3.42. The van der Waals surface area contributed by atoms with E-state index in [9.17, 15) is 4.79 Å². The van der Waals surface area contributed by atoms with Crippen molar-refractivity contribution in [1.82, 2.24) is 10.3 Å². The van der Waals surface area contributed by atoms with Crippen LogP contribution in [0.3, 0.4) is 0 Å². The van der Waals surface area contributed by atoms with Crippen LogP contribution in [0.25, 0.3) is 0 Å². The molecule has 0 radical (unpaired) electrons. The number of rotatable bonds is 3. The fourth-order valence-electron chi connectivity index (χ4n) is 2.37. The van der Waals surface area contributed by atoms with E-state index in [2.05, 4.69) is 16.4 Å². The van der Waals surface area contributed by atoms with E-state index in [1.807, 2.05) is 35.2 Å². The molecule has 1 aliphatic rings. The standard InChI is InChI=1S/C16H17N3OS/c20-16(12-21-14-5-7-17-8-6-14)19-10-9-18-11-13-3-1-2-4-15(13)19/h1-8,18H,9-12H2. The van der Waals surface area contributed by atoms with Crippen molar-refractivity contribution in [3.05, 3.63) is 54.4 Å². The van der Waals surface area contributed by atoms with Crippen molar-refractivity contribution in [3.8, 4) is 0 Å². The summed E-state index contributed by atoms with van der Waals surface area (Å²) in [7, 11) is 0. The van der Waals surface area contributed by atoms with Gasteiger partial charge >= 0.3 is 0 Å². The maximum Gasteiger partial charge on any atom is 0.237 e. The Morgan fingerprint density at radius 3 is 2.90 bits per heavy atom. The lowest BCUT2D eigenvalue weighted by Gasteiger charge is -2.22. The first-order valence-corrected chi connectivity index (χ1v) is 7.95. The Morgan fingerprint density at radius 1 is 1.24 bits per heavy atom. The molecule has 1 aromatic heterocycles. The number of benzene rings is 1. The molecule has 4 nitrogen and oxygen atoms in total. The van der Waals surface area contributed by atoms with E-state index in [-0.39, 0.29) is 5.91 Å². The zero-order valence-corrected chi connectivity index (χ0v) is 12.5. The van der Waals surface area contributed by atoms with E-state index in [0.29, 0.717) is 12.3 Å². The number of nitrogens with one attached hydrogen (secondary N) is 1. The molecule has 2 aromatic rings. The number of hydrogen-bond donors (Lipinski definition) is 1. The van der Waals surface area contributed by atoms with Gasteiger partial charge in [0.25, 0.3) is 0 Å². The van der Waals surface area contributed by atoms with Crippen LogP contribution in [0.15, 0.2) is 53.7 Å². The van der Waals surface area contributed by atoms with E-state index in [1.165, 1.54) is 5.56 Å².